The van der Waals surface area contributed by atoms with Crippen LogP contribution in [0.1, 0.15) is 36.5 Å². The number of hydrogen-bond acceptors (Lipinski definition) is 6. The predicted molar refractivity (Wildman–Crippen MR) is 120 cm³/mol. The fourth-order valence-corrected chi connectivity index (χ4v) is 5.23. The van der Waals surface area contributed by atoms with Crippen molar-refractivity contribution in [2.45, 2.75) is 37.6 Å². The summed E-state index contributed by atoms with van der Waals surface area (Å²) in [5.74, 6) is -1.01. The van der Waals surface area contributed by atoms with Crippen molar-refractivity contribution < 1.29 is 22.8 Å². The average molecular weight is 473 g/mol. The van der Waals surface area contributed by atoms with Crippen LogP contribution in [0.15, 0.2) is 52.4 Å². The molecule has 1 aliphatic heterocycles. The van der Waals surface area contributed by atoms with E-state index in [4.69, 9.17) is 5.14 Å². The van der Waals surface area contributed by atoms with E-state index in [-0.39, 0.29) is 29.6 Å². The topological polar surface area (TPSA) is 132 Å². The third kappa shape index (κ3) is 4.14. The molecule has 1 aromatic heterocycles. The van der Waals surface area contributed by atoms with Crippen LogP contribution < -0.4 is 14.8 Å². The number of nitrogens with zero attached hydrogens (tertiary/aromatic N) is 3. The SMILES string of the molecule is CCCn1c(=NC(=O)c2ccc(N3C(=O)CCC3=O)cc2)sc2cc(S(N)(=O)=O)ccc21. The third-order valence-corrected chi connectivity index (χ3v) is 7.00. The summed E-state index contributed by atoms with van der Waals surface area (Å²) in [4.78, 5) is 42.4. The molecule has 166 valence electrons. The van der Waals surface area contributed by atoms with Crippen molar-refractivity contribution in [2.75, 3.05) is 4.90 Å². The van der Waals surface area contributed by atoms with Crippen molar-refractivity contribution >= 4 is 55.0 Å². The molecule has 0 saturated carbocycles. The summed E-state index contributed by atoms with van der Waals surface area (Å²) < 4.78 is 25.9. The number of hydrogen-bond donors (Lipinski definition) is 1. The zero-order valence-corrected chi connectivity index (χ0v) is 18.8. The summed E-state index contributed by atoms with van der Waals surface area (Å²) in [6.45, 7) is 2.58. The highest BCUT2D eigenvalue weighted by Crippen LogP contribution is 2.24. The summed E-state index contributed by atoms with van der Waals surface area (Å²) in [5.41, 5.74) is 1.49. The number of thiazole rings is 1. The molecule has 0 radical (unpaired) electrons. The second-order valence-electron chi connectivity index (χ2n) is 7.30. The Kier molecular flexibility index (Phi) is 5.80. The van der Waals surface area contributed by atoms with Crippen molar-refractivity contribution in [1.29, 1.82) is 0 Å². The lowest BCUT2D eigenvalue weighted by molar-refractivity contribution is -0.121. The third-order valence-electron chi connectivity index (χ3n) is 5.05. The summed E-state index contributed by atoms with van der Waals surface area (Å²) in [6.07, 6.45) is 1.16. The Labute approximate surface area is 187 Å². The first-order valence-electron chi connectivity index (χ1n) is 9.90. The van der Waals surface area contributed by atoms with Gasteiger partial charge in [0.05, 0.1) is 20.8 Å². The molecule has 9 nitrogen and oxygen atoms in total. The number of benzene rings is 2. The van der Waals surface area contributed by atoms with Gasteiger partial charge in [-0.15, -0.1) is 0 Å². The van der Waals surface area contributed by atoms with Gasteiger partial charge in [-0.1, -0.05) is 18.3 Å². The van der Waals surface area contributed by atoms with E-state index in [2.05, 4.69) is 4.99 Å². The van der Waals surface area contributed by atoms with Gasteiger partial charge >= 0.3 is 0 Å². The zero-order chi connectivity index (χ0) is 23.0. The molecule has 0 aliphatic carbocycles. The molecule has 0 bridgehead atoms. The van der Waals surface area contributed by atoms with E-state index in [9.17, 15) is 22.8 Å². The monoisotopic (exact) mass is 472 g/mol. The Morgan fingerprint density at radius 3 is 2.34 bits per heavy atom. The number of primary sulfonamides is 1. The Balaban J connectivity index is 1.71. The number of aryl methyl sites for hydroxylation is 1. The average Bonchev–Trinajstić information content (AvgIpc) is 3.26. The molecule has 2 aromatic carbocycles. The van der Waals surface area contributed by atoms with Gasteiger partial charge in [-0.3, -0.25) is 19.3 Å². The van der Waals surface area contributed by atoms with Crippen molar-refractivity contribution in [3.8, 4) is 0 Å². The number of imide groups is 1. The number of carbonyl (C=O) groups is 3. The molecular weight excluding hydrogens is 452 g/mol. The molecule has 3 aromatic rings. The van der Waals surface area contributed by atoms with E-state index in [1.165, 1.54) is 35.6 Å². The van der Waals surface area contributed by atoms with Crippen molar-refractivity contribution in [3.63, 3.8) is 0 Å². The fraction of sp³-hybridized carbons (Fsp3) is 0.238. The van der Waals surface area contributed by atoms with Crippen LogP contribution in [0.3, 0.4) is 0 Å². The Morgan fingerprint density at radius 1 is 1.09 bits per heavy atom. The molecule has 4 rings (SSSR count). The zero-order valence-electron chi connectivity index (χ0n) is 17.1. The van der Waals surface area contributed by atoms with E-state index < -0.39 is 15.9 Å². The van der Waals surface area contributed by atoms with Gasteiger partial charge in [-0.2, -0.15) is 4.99 Å². The van der Waals surface area contributed by atoms with Crippen LogP contribution in [0.2, 0.25) is 0 Å². The molecule has 3 amide bonds. The van der Waals surface area contributed by atoms with E-state index in [1.807, 2.05) is 11.5 Å². The molecular formula is C21H20N4O5S2. The largest absolute Gasteiger partial charge is 0.316 e. The highest BCUT2D eigenvalue weighted by atomic mass is 32.2. The van der Waals surface area contributed by atoms with Crippen molar-refractivity contribution in [3.05, 3.63) is 52.8 Å². The lowest BCUT2D eigenvalue weighted by Gasteiger charge is -2.13. The van der Waals surface area contributed by atoms with Gasteiger partial charge in [-0.05, 0) is 48.9 Å². The second kappa shape index (κ2) is 8.41. The minimum Gasteiger partial charge on any atom is -0.316 e. The van der Waals surface area contributed by atoms with Crippen LogP contribution in [0.4, 0.5) is 5.69 Å². The van der Waals surface area contributed by atoms with Crippen LogP contribution in [0, 0.1) is 0 Å². The minimum absolute atomic E-state index is 0.00521. The lowest BCUT2D eigenvalue weighted by Crippen LogP contribution is -2.28. The number of nitrogens with two attached hydrogens (primary N) is 1. The summed E-state index contributed by atoms with van der Waals surface area (Å²) in [5, 5.41) is 5.23. The molecule has 1 fully saturated rings. The van der Waals surface area contributed by atoms with Crippen LogP contribution in [-0.2, 0) is 26.2 Å². The first-order valence-corrected chi connectivity index (χ1v) is 12.3. The van der Waals surface area contributed by atoms with Gasteiger partial charge in [0.15, 0.2) is 4.80 Å². The smallest absolute Gasteiger partial charge is 0.279 e. The van der Waals surface area contributed by atoms with Crippen molar-refractivity contribution in [1.82, 2.24) is 4.57 Å². The minimum atomic E-state index is -3.85. The molecule has 0 spiro atoms. The van der Waals surface area contributed by atoms with E-state index in [1.54, 1.807) is 18.2 Å². The maximum Gasteiger partial charge on any atom is 0.279 e. The van der Waals surface area contributed by atoms with Gasteiger partial charge in [0.25, 0.3) is 5.91 Å². The first-order chi connectivity index (χ1) is 15.2. The Hall–Kier alpha value is -3.15. The van der Waals surface area contributed by atoms with Gasteiger partial charge in [0, 0.05) is 24.9 Å². The first kappa shape index (κ1) is 22.1. The number of sulfonamides is 1. The van der Waals surface area contributed by atoms with Crippen LogP contribution in [0.25, 0.3) is 10.2 Å². The van der Waals surface area contributed by atoms with Gasteiger partial charge in [0.2, 0.25) is 21.8 Å². The molecule has 0 unspecified atom stereocenters. The number of anilines is 1. The molecule has 11 heteroatoms. The summed E-state index contributed by atoms with van der Waals surface area (Å²) >= 11 is 1.20. The van der Waals surface area contributed by atoms with Crippen LogP contribution in [0.5, 0.6) is 0 Å². The standard InChI is InChI=1S/C21H20N4O5S2/c1-2-11-24-16-8-7-15(32(22,29)30)12-17(16)31-21(24)23-20(28)13-3-5-14(6-4-13)25-18(26)9-10-19(25)27/h3-8,12H,2,9-11H2,1H3,(H2,22,29,30). The summed E-state index contributed by atoms with van der Waals surface area (Å²) in [6, 6.07) is 10.7. The Bertz CT molecular complexity index is 1400. The molecule has 2 N–H and O–H groups in total. The van der Waals surface area contributed by atoms with E-state index >= 15 is 0 Å². The number of fused-ring (bicyclic) bond motifs is 1. The van der Waals surface area contributed by atoms with Crippen LogP contribution >= 0.6 is 11.3 Å². The number of rotatable bonds is 5. The predicted octanol–water partition coefficient (Wildman–Crippen LogP) is 2.15. The van der Waals surface area contributed by atoms with E-state index in [0.717, 1.165) is 16.8 Å². The highest BCUT2D eigenvalue weighted by Gasteiger charge is 2.30. The maximum atomic E-state index is 12.8. The van der Waals surface area contributed by atoms with Gasteiger partial charge in [0.1, 0.15) is 0 Å². The van der Waals surface area contributed by atoms with E-state index in [0.29, 0.717) is 27.3 Å². The molecule has 0 atom stereocenters. The molecule has 32 heavy (non-hydrogen) atoms. The number of carbonyl (C=O) groups excluding carboxylic acids is 3. The maximum absolute atomic E-state index is 12.8. The lowest BCUT2D eigenvalue weighted by atomic mass is 10.2. The molecule has 1 aliphatic rings. The van der Waals surface area contributed by atoms with Crippen molar-refractivity contribution in [2.24, 2.45) is 10.1 Å². The number of aromatic nitrogens is 1. The number of amides is 3. The Morgan fingerprint density at radius 2 is 1.75 bits per heavy atom. The molecule has 1 saturated heterocycles. The summed E-state index contributed by atoms with van der Waals surface area (Å²) in [7, 11) is -3.85. The molecule has 2 heterocycles. The fourth-order valence-electron chi connectivity index (χ4n) is 3.52. The highest BCUT2D eigenvalue weighted by molar-refractivity contribution is 7.89. The normalized spacial score (nSPS) is 15.2. The van der Waals surface area contributed by atoms with Gasteiger partial charge < -0.3 is 4.57 Å². The quantitative estimate of drug-likeness (QED) is 0.568. The van der Waals surface area contributed by atoms with Gasteiger partial charge in [-0.25, -0.2) is 13.6 Å². The second-order valence-corrected chi connectivity index (χ2v) is 9.87. The van der Waals surface area contributed by atoms with Crippen LogP contribution in [-0.4, -0.2) is 30.7 Å².